The molecule has 0 saturated carbocycles. The maximum absolute atomic E-state index is 5.01. The SMILES string of the molecule is Cc1ccc2nc(-c3ccccc3C3=NNN(C(c4ccccc4)(c4ccccc4)c4ccccc4)N3)ccc2c1. The fraction of sp³-hybridized carbons (Fsp3) is 0.0556. The minimum Gasteiger partial charge on any atom is -0.281 e. The van der Waals surface area contributed by atoms with Crippen LogP contribution in [-0.4, -0.2) is 15.9 Å². The summed E-state index contributed by atoms with van der Waals surface area (Å²) in [6.07, 6.45) is 0. The van der Waals surface area contributed by atoms with Gasteiger partial charge in [-0.05, 0) is 41.8 Å². The van der Waals surface area contributed by atoms with Gasteiger partial charge in [-0.15, -0.1) is 5.10 Å². The van der Waals surface area contributed by atoms with E-state index in [9.17, 15) is 0 Å². The number of hydrogen-bond acceptors (Lipinski definition) is 5. The quantitative estimate of drug-likeness (QED) is 0.223. The average molecular weight is 532 g/mol. The largest absolute Gasteiger partial charge is 0.281 e. The lowest BCUT2D eigenvalue weighted by atomic mass is 9.77. The van der Waals surface area contributed by atoms with E-state index in [-0.39, 0.29) is 0 Å². The Bertz CT molecular complexity index is 1750. The molecule has 0 radical (unpaired) electrons. The third-order valence-electron chi connectivity index (χ3n) is 7.69. The second-order valence-electron chi connectivity index (χ2n) is 10.3. The molecule has 1 aliphatic heterocycles. The molecule has 7 rings (SSSR count). The van der Waals surface area contributed by atoms with Gasteiger partial charge in [-0.1, -0.05) is 138 Å². The minimum atomic E-state index is -0.719. The summed E-state index contributed by atoms with van der Waals surface area (Å²) in [7, 11) is 0. The van der Waals surface area contributed by atoms with Crippen molar-refractivity contribution in [3.05, 3.63) is 173 Å². The Labute approximate surface area is 239 Å². The zero-order valence-electron chi connectivity index (χ0n) is 22.7. The van der Waals surface area contributed by atoms with Crippen LogP contribution in [0.5, 0.6) is 0 Å². The van der Waals surface area contributed by atoms with Gasteiger partial charge in [0.05, 0.1) is 11.2 Å². The Kier molecular flexibility index (Phi) is 6.26. The van der Waals surface area contributed by atoms with Gasteiger partial charge >= 0.3 is 0 Å². The van der Waals surface area contributed by atoms with Crippen LogP contribution in [0.15, 0.2) is 151 Å². The van der Waals surface area contributed by atoms with Crippen molar-refractivity contribution in [3.8, 4) is 11.3 Å². The highest BCUT2D eigenvalue weighted by Crippen LogP contribution is 2.41. The fourth-order valence-electron chi connectivity index (χ4n) is 5.77. The number of aryl methyl sites for hydroxylation is 1. The summed E-state index contributed by atoms with van der Waals surface area (Å²) < 4.78 is 0. The molecule has 41 heavy (non-hydrogen) atoms. The highest BCUT2D eigenvalue weighted by molar-refractivity contribution is 6.04. The number of fused-ring (bicyclic) bond motifs is 1. The summed E-state index contributed by atoms with van der Waals surface area (Å²) in [6.45, 7) is 2.10. The molecule has 198 valence electrons. The Morgan fingerprint density at radius 3 is 1.76 bits per heavy atom. The second-order valence-corrected chi connectivity index (χ2v) is 10.3. The summed E-state index contributed by atoms with van der Waals surface area (Å²) in [5.41, 5.74) is 14.7. The summed E-state index contributed by atoms with van der Waals surface area (Å²) >= 11 is 0. The summed E-state index contributed by atoms with van der Waals surface area (Å²) in [5, 5.41) is 7.99. The van der Waals surface area contributed by atoms with Gasteiger partial charge < -0.3 is 0 Å². The molecule has 2 heterocycles. The van der Waals surface area contributed by atoms with Crippen LogP contribution in [0.4, 0.5) is 0 Å². The number of amidine groups is 1. The van der Waals surface area contributed by atoms with Gasteiger partial charge in [-0.25, -0.2) is 10.5 Å². The molecule has 2 N–H and O–H groups in total. The molecule has 0 fully saturated rings. The molecule has 0 saturated heterocycles. The van der Waals surface area contributed by atoms with Crippen molar-refractivity contribution in [1.82, 2.24) is 21.1 Å². The van der Waals surface area contributed by atoms with Crippen molar-refractivity contribution in [3.63, 3.8) is 0 Å². The number of pyridine rings is 1. The van der Waals surface area contributed by atoms with Crippen LogP contribution in [0.2, 0.25) is 0 Å². The second kappa shape index (κ2) is 10.4. The number of hydrazone groups is 1. The molecule has 6 aromatic rings. The van der Waals surface area contributed by atoms with Crippen LogP contribution in [-0.2, 0) is 5.54 Å². The molecule has 0 unspecified atom stereocenters. The van der Waals surface area contributed by atoms with Gasteiger partial charge in [0.25, 0.3) is 0 Å². The molecule has 5 nitrogen and oxygen atoms in total. The normalized spacial score (nSPS) is 13.4. The van der Waals surface area contributed by atoms with Crippen molar-refractivity contribution in [2.75, 3.05) is 0 Å². The third-order valence-corrected chi connectivity index (χ3v) is 7.69. The van der Waals surface area contributed by atoms with Crippen LogP contribution in [0.1, 0.15) is 27.8 Å². The lowest BCUT2D eigenvalue weighted by Gasteiger charge is -2.42. The predicted octanol–water partition coefficient (Wildman–Crippen LogP) is 7.19. The van der Waals surface area contributed by atoms with Crippen LogP contribution in [0, 0.1) is 6.92 Å². The molecule has 0 spiro atoms. The van der Waals surface area contributed by atoms with Crippen molar-refractivity contribution < 1.29 is 0 Å². The van der Waals surface area contributed by atoms with E-state index in [0.29, 0.717) is 0 Å². The van der Waals surface area contributed by atoms with Gasteiger partial charge in [0.1, 0.15) is 5.54 Å². The zero-order valence-corrected chi connectivity index (χ0v) is 22.7. The van der Waals surface area contributed by atoms with E-state index >= 15 is 0 Å². The number of aromatic nitrogens is 1. The number of rotatable bonds is 6. The Morgan fingerprint density at radius 1 is 0.585 bits per heavy atom. The van der Waals surface area contributed by atoms with Crippen LogP contribution >= 0.6 is 0 Å². The number of hydrogen-bond donors (Lipinski definition) is 2. The molecule has 5 heteroatoms. The van der Waals surface area contributed by atoms with E-state index in [4.69, 9.17) is 10.1 Å². The number of benzene rings is 5. The zero-order chi connectivity index (χ0) is 27.6. The minimum absolute atomic E-state index is 0.719. The van der Waals surface area contributed by atoms with Crippen LogP contribution < -0.4 is 11.0 Å². The van der Waals surface area contributed by atoms with Crippen molar-refractivity contribution >= 4 is 16.7 Å². The summed E-state index contributed by atoms with van der Waals surface area (Å²) in [4.78, 5) is 5.01. The molecule has 5 aromatic carbocycles. The standard InChI is InChI=1S/C36H29N5/c1-26-21-23-33-27(25-26)22-24-34(37-33)31-19-11-12-20-32(31)35-38-40-41(39-35)36(28-13-5-2-6-14-28,29-15-7-3-8-16-29)30-17-9-4-10-18-30/h2-25,40H,1H3,(H,38,39). The topological polar surface area (TPSA) is 52.6 Å². The van der Waals surface area contributed by atoms with Gasteiger partial charge in [-0.2, -0.15) is 0 Å². The number of nitrogens with one attached hydrogen (secondary N) is 2. The third kappa shape index (κ3) is 4.33. The molecule has 0 amide bonds. The van der Waals surface area contributed by atoms with Gasteiger partial charge in [0.2, 0.25) is 0 Å². The fourth-order valence-corrected chi connectivity index (χ4v) is 5.77. The highest BCUT2D eigenvalue weighted by Gasteiger charge is 2.45. The maximum Gasteiger partial charge on any atom is 0.171 e. The smallest absolute Gasteiger partial charge is 0.171 e. The van der Waals surface area contributed by atoms with Crippen LogP contribution in [0.3, 0.4) is 0 Å². The first kappa shape index (κ1) is 24.8. The lowest BCUT2D eigenvalue weighted by Crippen LogP contribution is -2.57. The van der Waals surface area contributed by atoms with E-state index in [0.717, 1.165) is 50.2 Å². The number of nitrogens with zero attached hydrogens (tertiary/aromatic N) is 3. The van der Waals surface area contributed by atoms with E-state index < -0.39 is 5.54 Å². The average Bonchev–Trinajstić information content (AvgIpc) is 3.53. The number of hydrazine groups is 2. The molecular weight excluding hydrogens is 502 g/mol. The molecular formula is C36H29N5. The van der Waals surface area contributed by atoms with Crippen molar-refractivity contribution in [2.24, 2.45) is 5.10 Å². The van der Waals surface area contributed by atoms with Crippen molar-refractivity contribution in [2.45, 2.75) is 12.5 Å². The monoisotopic (exact) mass is 531 g/mol. The first-order valence-corrected chi connectivity index (χ1v) is 13.8. The van der Waals surface area contributed by atoms with E-state index in [1.807, 2.05) is 35.4 Å². The van der Waals surface area contributed by atoms with Crippen LogP contribution in [0.25, 0.3) is 22.2 Å². The Hall–Kier alpha value is -5.26. The predicted molar refractivity (Wildman–Crippen MR) is 166 cm³/mol. The molecule has 1 aliphatic rings. The van der Waals surface area contributed by atoms with Gasteiger partial charge in [0.15, 0.2) is 5.84 Å². The van der Waals surface area contributed by atoms with Crippen molar-refractivity contribution in [1.29, 1.82) is 0 Å². The Balaban J connectivity index is 1.34. The molecule has 1 aromatic heterocycles. The Morgan fingerprint density at radius 2 is 1.15 bits per heavy atom. The molecule has 0 atom stereocenters. The molecule has 0 bridgehead atoms. The maximum atomic E-state index is 5.01. The van der Waals surface area contributed by atoms with E-state index in [1.165, 1.54) is 5.56 Å². The van der Waals surface area contributed by atoms with E-state index in [1.54, 1.807) is 0 Å². The lowest BCUT2D eigenvalue weighted by molar-refractivity contribution is 0.0761. The molecule has 0 aliphatic carbocycles. The van der Waals surface area contributed by atoms with Gasteiger partial charge in [0, 0.05) is 16.5 Å². The first-order chi connectivity index (χ1) is 20.2. The summed E-state index contributed by atoms with van der Waals surface area (Å²) in [5.74, 6) is 0.721. The highest BCUT2D eigenvalue weighted by atomic mass is 15.9. The van der Waals surface area contributed by atoms with E-state index in [2.05, 4.69) is 133 Å². The first-order valence-electron chi connectivity index (χ1n) is 13.8. The van der Waals surface area contributed by atoms with Gasteiger partial charge in [-0.3, -0.25) is 5.43 Å². The summed E-state index contributed by atoms with van der Waals surface area (Å²) in [6, 6.07) is 50.4.